The predicted octanol–water partition coefficient (Wildman–Crippen LogP) is 1.45. The summed E-state index contributed by atoms with van der Waals surface area (Å²) in [5.74, 6) is 0.651. The number of anilines is 1. The summed E-state index contributed by atoms with van der Waals surface area (Å²) in [6.07, 6.45) is 1.97. The number of amides is 1. The zero-order chi connectivity index (χ0) is 17.3. The van der Waals surface area contributed by atoms with Gasteiger partial charge in [-0.05, 0) is 18.6 Å². The number of carbonyl (C=O) groups excluding carboxylic acids is 1. The number of aryl methyl sites for hydroxylation is 2. The molecule has 3 heterocycles. The second kappa shape index (κ2) is 6.34. The van der Waals surface area contributed by atoms with Crippen molar-refractivity contribution in [1.29, 1.82) is 0 Å². The van der Waals surface area contributed by atoms with E-state index in [0.717, 1.165) is 0 Å². The van der Waals surface area contributed by atoms with E-state index in [1.54, 1.807) is 28.8 Å². The molecule has 9 heteroatoms. The standard InChI is InChI=1S/C15H19N5O4/c1-3-11-13(20(22)23)14(17(2)16-11)18-6-8-19(9-7-18)15(21)12-5-4-10-24-12/h4-5,10H,3,6-9H2,1-2H3. The molecule has 9 nitrogen and oxygen atoms in total. The van der Waals surface area contributed by atoms with Crippen molar-refractivity contribution < 1.29 is 14.1 Å². The van der Waals surface area contributed by atoms with Gasteiger partial charge in [-0.25, -0.2) is 4.68 Å². The molecule has 1 saturated heterocycles. The number of furan rings is 1. The van der Waals surface area contributed by atoms with Crippen LogP contribution < -0.4 is 4.90 Å². The number of nitro groups is 1. The molecule has 3 rings (SSSR count). The van der Waals surface area contributed by atoms with E-state index >= 15 is 0 Å². The van der Waals surface area contributed by atoms with Crippen LogP contribution in [0.25, 0.3) is 0 Å². The summed E-state index contributed by atoms with van der Waals surface area (Å²) in [6.45, 7) is 3.82. The first-order valence-electron chi connectivity index (χ1n) is 7.81. The lowest BCUT2D eigenvalue weighted by molar-refractivity contribution is -0.384. The van der Waals surface area contributed by atoms with E-state index in [-0.39, 0.29) is 16.5 Å². The molecule has 1 fully saturated rings. The quantitative estimate of drug-likeness (QED) is 0.620. The third-order valence-corrected chi connectivity index (χ3v) is 4.18. The Bertz CT molecular complexity index is 744. The zero-order valence-electron chi connectivity index (χ0n) is 13.6. The average Bonchev–Trinajstić information content (AvgIpc) is 3.21. The summed E-state index contributed by atoms with van der Waals surface area (Å²) < 4.78 is 6.70. The van der Waals surface area contributed by atoms with Gasteiger partial charge in [0.05, 0.1) is 11.2 Å². The molecule has 1 aliphatic heterocycles. The van der Waals surface area contributed by atoms with E-state index in [0.29, 0.717) is 49.9 Å². The van der Waals surface area contributed by atoms with Gasteiger partial charge in [0, 0.05) is 33.2 Å². The minimum absolute atomic E-state index is 0.0609. The normalized spacial score (nSPS) is 14.9. The van der Waals surface area contributed by atoms with Crippen molar-refractivity contribution in [3.63, 3.8) is 0 Å². The third kappa shape index (κ3) is 2.72. The van der Waals surface area contributed by atoms with Crippen molar-refractivity contribution in [2.24, 2.45) is 7.05 Å². The van der Waals surface area contributed by atoms with Crippen LogP contribution in [0.3, 0.4) is 0 Å². The van der Waals surface area contributed by atoms with Crippen molar-refractivity contribution in [3.8, 4) is 0 Å². The number of hydrogen-bond acceptors (Lipinski definition) is 6. The molecule has 0 aromatic carbocycles. The highest BCUT2D eigenvalue weighted by molar-refractivity contribution is 5.91. The number of piperazine rings is 1. The van der Waals surface area contributed by atoms with Crippen LogP contribution in [0.4, 0.5) is 11.5 Å². The molecule has 0 bridgehead atoms. The summed E-state index contributed by atoms with van der Waals surface area (Å²) in [6, 6.07) is 3.31. The van der Waals surface area contributed by atoms with Gasteiger partial charge in [-0.15, -0.1) is 0 Å². The molecule has 1 amide bonds. The minimum Gasteiger partial charge on any atom is -0.459 e. The van der Waals surface area contributed by atoms with Gasteiger partial charge in [-0.2, -0.15) is 5.10 Å². The monoisotopic (exact) mass is 333 g/mol. The van der Waals surface area contributed by atoms with Crippen molar-refractivity contribution >= 4 is 17.4 Å². The van der Waals surface area contributed by atoms with E-state index < -0.39 is 0 Å². The third-order valence-electron chi connectivity index (χ3n) is 4.18. The van der Waals surface area contributed by atoms with Crippen LogP contribution in [-0.4, -0.2) is 51.7 Å². The highest BCUT2D eigenvalue weighted by Gasteiger charge is 2.32. The van der Waals surface area contributed by atoms with Gasteiger partial charge in [-0.3, -0.25) is 14.9 Å². The van der Waals surface area contributed by atoms with Crippen LogP contribution in [0.1, 0.15) is 23.2 Å². The molecule has 0 spiro atoms. The Hall–Kier alpha value is -2.84. The van der Waals surface area contributed by atoms with Crippen LogP contribution in [-0.2, 0) is 13.5 Å². The topological polar surface area (TPSA) is 97.7 Å². The van der Waals surface area contributed by atoms with Gasteiger partial charge in [0.15, 0.2) is 5.76 Å². The first-order chi connectivity index (χ1) is 11.5. The van der Waals surface area contributed by atoms with Crippen LogP contribution in [0.15, 0.2) is 22.8 Å². The molecule has 0 unspecified atom stereocenters. The van der Waals surface area contributed by atoms with Gasteiger partial charge in [-0.1, -0.05) is 6.92 Å². The molecule has 2 aromatic heterocycles. The van der Waals surface area contributed by atoms with Gasteiger partial charge in [0.25, 0.3) is 5.91 Å². The smallest absolute Gasteiger partial charge is 0.334 e. The lowest BCUT2D eigenvalue weighted by Gasteiger charge is -2.34. The predicted molar refractivity (Wildman–Crippen MR) is 86.1 cm³/mol. The highest BCUT2D eigenvalue weighted by atomic mass is 16.6. The number of hydrogen-bond donors (Lipinski definition) is 0. The van der Waals surface area contributed by atoms with Gasteiger partial charge in [0.2, 0.25) is 5.82 Å². The highest BCUT2D eigenvalue weighted by Crippen LogP contribution is 2.32. The van der Waals surface area contributed by atoms with Crippen LogP contribution in [0.5, 0.6) is 0 Å². The second-order valence-electron chi connectivity index (χ2n) is 5.61. The van der Waals surface area contributed by atoms with Crippen molar-refractivity contribution in [3.05, 3.63) is 40.0 Å². The fourth-order valence-electron chi connectivity index (χ4n) is 3.02. The molecule has 24 heavy (non-hydrogen) atoms. The lowest BCUT2D eigenvalue weighted by atomic mass is 10.2. The molecule has 0 radical (unpaired) electrons. The number of aromatic nitrogens is 2. The Labute approximate surface area is 138 Å². The van der Waals surface area contributed by atoms with E-state index in [1.807, 2.05) is 11.8 Å². The van der Waals surface area contributed by atoms with Crippen molar-refractivity contribution in [2.75, 3.05) is 31.1 Å². The lowest BCUT2D eigenvalue weighted by Crippen LogP contribution is -2.49. The van der Waals surface area contributed by atoms with E-state index in [2.05, 4.69) is 5.10 Å². The molecule has 0 saturated carbocycles. The Morgan fingerprint density at radius 1 is 1.38 bits per heavy atom. The molecular weight excluding hydrogens is 314 g/mol. The van der Waals surface area contributed by atoms with E-state index in [1.165, 1.54) is 6.26 Å². The Kier molecular flexibility index (Phi) is 4.24. The first-order valence-corrected chi connectivity index (χ1v) is 7.81. The second-order valence-corrected chi connectivity index (χ2v) is 5.61. The van der Waals surface area contributed by atoms with Crippen molar-refractivity contribution in [2.45, 2.75) is 13.3 Å². The summed E-state index contributed by atoms with van der Waals surface area (Å²) in [5, 5.41) is 15.7. The van der Waals surface area contributed by atoms with Crippen LogP contribution in [0.2, 0.25) is 0 Å². The molecule has 1 aliphatic rings. The Morgan fingerprint density at radius 3 is 2.62 bits per heavy atom. The molecule has 128 valence electrons. The van der Waals surface area contributed by atoms with Gasteiger partial charge >= 0.3 is 5.69 Å². The maximum absolute atomic E-state index is 12.3. The Balaban J connectivity index is 1.77. The zero-order valence-corrected chi connectivity index (χ0v) is 13.6. The molecule has 0 aliphatic carbocycles. The maximum atomic E-state index is 12.3. The van der Waals surface area contributed by atoms with Crippen LogP contribution in [0, 0.1) is 10.1 Å². The fraction of sp³-hybridized carbons (Fsp3) is 0.467. The first kappa shape index (κ1) is 16.0. The molecule has 2 aromatic rings. The summed E-state index contributed by atoms with van der Waals surface area (Å²) >= 11 is 0. The van der Waals surface area contributed by atoms with Gasteiger partial charge < -0.3 is 14.2 Å². The summed E-state index contributed by atoms with van der Waals surface area (Å²) in [5.41, 5.74) is 0.539. The largest absolute Gasteiger partial charge is 0.459 e. The number of rotatable bonds is 4. The molecule has 0 atom stereocenters. The minimum atomic E-state index is -0.373. The summed E-state index contributed by atoms with van der Waals surface area (Å²) in [7, 11) is 1.71. The molecule has 0 N–H and O–H groups in total. The Morgan fingerprint density at radius 2 is 2.08 bits per heavy atom. The summed E-state index contributed by atoms with van der Waals surface area (Å²) in [4.78, 5) is 27.0. The number of nitrogens with zero attached hydrogens (tertiary/aromatic N) is 5. The maximum Gasteiger partial charge on any atom is 0.334 e. The SMILES string of the molecule is CCc1nn(C)c(N2CCN(C(=O)c3ccco3)CC2)c1[N+](=O)[O-]. The number of carbonyl (C=O) groups is 1. The van der Waals surface area contributed by atoms with E-state index in [4.69, 9.17) is 4.42 Å². The fourth-order valence-corrected chi connectivity index (χ4v) is 3.02. The van der Waals surface area contributed by atoms with Crippen molar-refractivity contribution in [1.82, 2.24) is 14.7 Å². The van der Waals surface area contributed by atoms with E-state index in [9.17, 15) is 14.9 Å². The van der Waals surface area contributed by atoms with Gasteiger partial charge in [0.1, 0.15) is 5.69 Å². The molecular formula is C15H19N5O4. The van der Waals surface area contributed by atoms with Crippen LogP contribution >= 0.6 is 0 Å². The average molecular weight is 333 g/mol.